The van der Waals surface area contributed by atoms with E-state index in [1.807, 2.05) is 13.0 Å². The molecule has 0 amide bonds. The second kappa shape index (κ2) is 3.95. The number of hydrogen-bond donors (Lipinski definition) is 1. The summed E-state index contributed by atoms with van der Waals surface area (Å²) in [6, 6.07) is 4.97. The van der Waals surface area contributed by atoms with E-state index in [0.717, 1.165) is 5.56 Å². The number of alkyl halides is 3. The van der Waals surface area contributed by atoms with Crippen LogP contribution in [0.3, 0.4) is 0 Å². The van der Waals surface area contributed by atoms with Crippen molar-refractivity contribution in [1.29, 1.82) is 0 Å². The normalized spacial score (nSPS) is 14.1. The molecule has 14 heavy (non-hydrogen) atoms. The zero-order valence-electron chi connectivity index (χ0n) is 7.89. The molecule has 0 spiro atoms. The minimum atomic E-state index is -3.29. The van der Waals surface area contributed by atoms with Gasteiger partial charge in [0, 0.05) is 0 Å². The van der Waals surface area contributed by atoms with Crippen molar-refractivity contribution in [3.63, 3.8) is 0 Å². The molecule has 1 aromatic rings. The molecule has 0 aliphatic heterocycles. The van der Waals surface area contributed by atoms with E-state index < -0.39 is 10.9 Å². The summed E-state index contributed by atoms with van der Waals surface area (Å²) in [7, 11) is 0. The lowest BCUT2D eigenvalue weighted by molar-refractivity contribution is -0.0298. The van der Waals surface area contributed by atoms with Crippen LogP contribution in [0.2, 0.25) is 0 Å². The molecule has 0 saturated carbocycles. The molecule has 0 fully saturated rings. The number of halogens is 3. The number of aryl methyl sites for hydroxylation is 1. The summed E-state index contributed by atoms with van der Waals surface area (Å²) in [6.07, 6.45) is -1.80. The maximum absolute atomic E-state index is 12.8. The first-order valence-corrected chi connectivity index (χ1v) is 4.94. The summed E-state index contributed by atoms with van der Waals surface area (Å²) in [5.41, 5.74) is 1.84. The van der Waals surface area contributed by atoms with Gasteiger partial charge in [0.1, 0.15) is 0 Å². The molecule has 0 saturated heterocycles. The fourth-order valence-corrected chi connectivity index (χ4v) is 1.49. The minimum Gasteiger partial charge on any atom is -0.381 e. The van der Waals surface area contributed by atoms with Gasteiger partial charge in [-0.25, -0.2) is 0 Å². The van der Waals surface area contributed by atoms with E-state index in [-0.39, 0.29) is 5.56 Å². The molecule has 0 aromatic heterocycles. The highest BCUT2D eigenvalue weighted by Gasteiger charge is 2.36. The molecule has 1 N–H and O–H groups in total. The average molecular weight is 265 g/mol. The molecule has 0 heterocycles. The number of rotatable bonds is 2. The first-order valence-electron chi connectivity index (χ1n) is 4.15. The zero-order valence-corrected chi connectivity index (χ0v) is 9.48. The zero-order chi connectivity index (χ0) is 10.9. The standard InChI is InChI=1S/C10H11BrF2O/c1-6-4-3-5-8(7(6)2)9(14)10(11,12)13/h3-5,9,14H,1-2H3. The summed E-state index contributed by atoms with van der Waals surface area (Å²) in [5.74, 6) is 0. The van der Waals surface area contributed by atoms with Crippen LogP contribution in [-0.2, 0) is 0 Å². The largest absolute Gasteiger partial charge is 0.381 e. The van der Waals surface area contributed by atoms with Gasteiger partial charge in [0.2, 0.25) is 0 Å². The number of aliphatic hydroxyl groups excluding tert-OH is 1. The third kappa shape index (κ3) is 2.30. The second-order valence-electron chi connectivity index (χ2n) is 3.23. The Morgan fingerprint density at radius 3 is 2.43 bits per heavy atom. The lowest BCUT2D eigenvalue weighted by atomic mass is 9.99. The van der Waals surface area contributed by atoms with Crippen LogP contribution in [0.1, 0.15) is 22.8 Å². The van der Waals surface area contributed by atoms with E-state index in [0.29, 0.717) is 5.56 Å². The molecule has 1 rings (SSSR count). The average Bonchev–Trinajstić information content (AvgIpc) is 2.07. The highest BCUT2D eigenvalue weighted by molar-refractivity contribution is 9.10. The van der Waals surface area contributed by atoms with Gasteiger partial charge in [0.15, 0.2) is 6.10 Å². The number of aliphatic hydroxyl groups is 1. The monoisotopic (exact) mass is 264 g/mol. The van der Waals surface area contributed by atoms with E-state index in [9.17, 15) is 13.9 Å². The fourth-order valence-electron chi connectivity index (χ4n) is 1.25. The Morgan fingerprint density at radius 2 is 1.93 bits per heavy atom. The fraction of sp³-hybridized carbons (Fsp3) is 0.400. The predicted octanol–water partition coefficient (Wildman–Crippen LogP) is 3.32. The quantitative estimate of drug-likeness (QED) is 0.813. The van der Waals surface area contributed by atoms with Gasteiger partial charge in [-0.1, -0.05) is 18.2 Å². The predicted molar refractivity (Wildman–Crippen MR) is 54.7 cm³/mol. The molecule has 0 aliphatic carbocycles. The summed E-state index contributed by atoms with van der Waals surface area (Å²) in [4.78, 5) is -3.29. The highest BCUT2D eigenvalue weighted by Crippen LogP contribution is 2.38. The Balaban J connectivity index is 3.14. The van der Waals surface area contributed by atoms with E-state index in [2.05, 4.69) is 15.9 Å². The first-order chi connectivity index (χ1) is 6.34. The second-order valence-corrected chi connectivity index (χ2v) is 4.29. The molecule has 1 unspecified atom stereocenters. The first kappa shape index (κ1) is 11.6. The van der Waals surface area contributed by atoms with Gasteiger partial charge >= 0.3 is 4.83 Å². The van der Waals surface area contributed by atoms with Gasteiger partial charge in [0.05, 0.1) is 0 Å². The lowest BCUT2D eigenvalue weighted by Gasteiger charge is -2.19. The van der Waals surface area contributed by atoms with Crippen LogP contribution in [0.4, 0.5) is 8.78 Å². The highest BCUT2D eigenvalue weighted by atomic mass is 79.9. The Labute approximate surface area is 89.9 Å². The molecule has 4 heteroatoms. The molecular weight excluding hydrogens is 254 g/mol. The third-order valence-corrected chi connectivity index (χ3v) is 2.68. The van der Waals surface area contributed by atoms with E-state index >= 15 is 0 Å². The molecular formula is C10H11BrF2O. The van der Waals surface area contributed by atoms with Gasteiger partial charge < -0.3 is 5.11 Å². The van der Waals surface area contributed by atoms with E-state index in [1.165, 1.54) is 6.07 Å². The van der Waals surface area contributed by atoms with Crippen molar-refractivity contribution in [2.24, 2.45) is 0 Å². The SMILES string of the molecule is Cc1cccc(C(O)C(F)(F)Br)c1C. The Bertz CT molecular complexity index is 333. The summed E-state index contributed by atoms with van der Waals surface area (Å²) in [5, 5.41) is 9.37. The van der Waals surface area contributed by atoms with Gasteiger partial charge in [-0.05, 0) is 46.5 Å². The molecule has 0 aliphatic rings. The van der Waals surface area contributed by atoms with Crippen LogP contribution in [0.25, 0.3) is 0 Å². The van der Waals surface area contributed by atoms with Crippen LogP contribution < -0.4 is 0 Å². The molecule has 1 aromatic carbocycles. The number of hydrogen-bond acceptors (Lipinski definition) is 1. The Hall–Kier alpha value is -0.480. The topological polar surface area (TPSA) is 20.2 Å². The van der Waals surface area contributed by atoms with Crippen LogP contribution in [0.5, 0.6) is 0 Å². The van der Waals surface area contributed by atoms with Crippen LogP contribution in [0, 0.1) is 13.8 Å². The summed E-state index contributed by atoms with van der Waals surface area (Å²) < 4.78 is 25.6. The van der Waals surface area contributed by atoms with E-state index in [1.54, 1.807) is 13.0 Å². The Kier molecular flexibility index (Phi) is 3.27. The van der Waals surface area contributed by atoms with Gasteiger partial charge in [-0.2, -0.15) is 8.78 Å². The van der Waals surface area contributed by atoms with Gasteiger partial charge in [-0.3, -0.25) is 0 Å². The summed E-state index contributed by atoms with van der Waals surface area (Å²) >= 11 is 2.16. The molecule has 1 atom stereocenters. The van der Waals surface area contributed by atoms with Crippen molar-refractivity contribution < 1.29 is 13.9 Å². The maximum Gasteiger partial charge on any atom is 0.330 e. The van der Waals surface area contributed by atoms with Crippen molar-refractivity contribution >= 4 is 15.9 Å². The lowest BCUT2D eigenvalue weighted by Crippen LogP contribution is -2.19. The van der Waals surface area contributed by atoms with Gasteiger partial charge in [0.25, 0.3) is 0 Å². The van der Waals surface area contributed by atoms with Crippen LogP contribution in [-0.4, -0.2) is 9.94 Å². The van der Waals surface area contributed by atoms with Crippen molar-refractivity contribution in [2.75, 3.05) is 0 Å². The van der Waals surface area contributed by atoms with Crippen molar-refractivity contribution in [1.82, 2.24) is 0 Å². The maximum atomic E-state index is 12.8. The molecule has 78 valence electrons. The Morgan fingerprint density at radius 1 is 1.36 bits per heavy atom. The van der Waals surface area contributed by atoms with Crippen molar-refractivity contribution in [3.05, 3.63) is 34.9 Å². The van der Waals surface area contributed by atoms with Crippen LogP contribution in [0.15, 0.2) is 18.2 Å². The minimum absolute atomic E-state index is 0.256. The van der Waals surface area contributed by atoms with E-state index in [4.69, 9.17) is 0 Å². The molecule has 0 radical (unpaired) electrons. The third-order valence-electron chi connectivity index (χ3n) is 2.25. The number of benzene rings is 1. The smallest absolute Gasteiger partial charge is 0.330 e. The molecule has 0 bridgehead atoms. The van der Waals surface area contributed by atoms with Crippen LogP contribution >= 0.6 is 15.9 Å². The molecule has 1 nitrogen and oxygen atoms in total. The van der Waals surface area contributed by atoms with Crippen molar-refractivity contribution in [2.45, 2.75) is 24.8 Å². The summed E-state index contributed by atoms with van der Waals surface area (Å²) in [6.45, 7) is 3.53. The van der Waals surface area contributed by atoms with Crippen molar-refractivity contribution in [3.8, 4) is 0 Å². The van der Waals surface area contributed by atoms with Gasteiger partial charge in [-0.15, -0.1) is 0 Å².